The van der Waals surface area contributed by atoms with E-state index in [2.05, 4.69) is 18.8 Å². The fraction of sp³-hybridized carbons (Fsp3) is 0.786. The number of pyridine rings is 1. The molecule has 6 unspecified atom stereocenters. The van der Waals surface area contributed by atoms with Crippen molar-refractivity contribution < 1.29 is 23.0 Å². The van der Waals surface area contributed by atoms with Gasteiger partial charge in [-0.25, -0.2) is 8.78 Å². The molecule has 0 aromatic carbocycles. The van der Waals surface area contributed by atoms with Crippen LogP contribution in [0.4, 0.5) is 8.78 Å². The van der Waals surface area contributed by atoms with Crippen LogP contribution >= 0.6 is 0 Å². The summed E-state index contributed by atoms with van der Waals surface area (Å²) >= 11 is 0. The van der Waals surface area contributed by atoms with E-state index < -0.39 is 6.43 Å². The number of fused-ring (bicyclic) bond motifs is 1. The van der Waals surface area contributed by atoms with E-state index in [9.17, 15) is 13.6 Å². The van der Waals surface area contributed by atoms with E-state index in [0.717, 1.165) is 25.0 Å². The number of rotatable bonds is 10. The summed E-state index contributed by atoms with van der Waals surface area (Å²) in [5.74, 6) is 0.474. The van der Waals surface area contributed by atoms with Crippen molar-refractivity contribution in [2.75, 3.05) is 32.7 Å². The zero-order valence-corrected chi connectivity index (χ0v) is 22.6. The lowest BCUT2D eigenvalue weighted by molar-refractivity contribution is -0.136. The van der Waals surface area contributed by atoms with Crippen LogP contribution in [0.25, 0.3) is 0 Å². The Morgan fingerprint density at radius 2 is 1.92 bits per heavy atom. The average Bonchev–Trinajstić information content (AvgIpc) is 3.13. The number of ether oxygens (including phenoxy) is 2. The lowest BCUT2D eigenvalue weighted by Gasteiger charge is -2.30. The smallest absolute Gasteiger partial charge is 0.251 e. The van der Waals surface area contributed by atoms with Gasteiger partial charge in [0.05, 0.1) is 30.6 Å². The van der Waals surface area contributed by atoms with Crippen LogP contribution in [-0.4, -0.2) is 78.2 Å². The maximum atomic E-state index is 13.4. The molecule has 1 aromatic rings. The number of carbonyl (C=O) groups is 1. The summed E-state index contributed by atoms with van der Waals surface area (Å²) in [6.45, 7) is 12.4. The minimum absolute atomic E-state index is 0.0874. The number of hydrogen-bond acceptors (Lipinski definition) is 5. The van der Waals surface area contributed by atoms with Gasteiger partial charge in [0.15, 0.2) is 0 Å². The standard InChI is InChI=1S/C28H45F2N3O3/c1-6-24(35-19(2)3)20(4)15-21(5)28(34)33-13-10-22-16-32(18-27(29)30)17-26(36-25(22)11-14-33)23-9-7-8-12-31-23/h7-9,12,19-22,24-27H,6,10-11,13-18H2,1-5H3. The van der Waals surface area contributed by atoms with Gasteiger partial charge in [-0.2, -0.15) is 0 Å². The number of aromatic nitrogens is 1. The third kappa shape index (κ3) is 8.18. The van der Waals surface area contributed by atoms with E-state index >= 15 is 0 Å². The fourth-order valence-corrected chi connectivity index (χ4v) is 5.82. The predicted molar refractivity (Wildman–Crippen MR) is 137 cm³/mol. The van der Waals surface area contributed by atoms with Gasteiger partial charge in [-0.1, -0.05) is 26.8 Å². The largest absolute Gasteiger partial charge is 0.375 e. The molecule has 6 atom stereocenters. The van der Waals surface area contributed by atoms with Crippen molar-refractivity contribution in [1.29, 1.82) is 0 Å². The molecule has 0 saturated carbocycles. The lowest BCUT2D eigenvalue weighted by Crippen LogP contribution is -2.38. The molecule has 0 spiro atoms. The van der Waals surface area contributed by atoms with Gasteiger partial charge in [0, 0.05) is 38.3 Å². The molecule has 3 heterocycles. The van der Waals surface area contributed by atoms with Gasteiger partial charge in [0.1, 0.15) is 6.10 Å². The SMILES string of the molecule is CCC(OC(C)C)C(C)CC(C)C(=O)N1CCC2CN(CC(F)F)CC(c3ccccn3)OC2CC1. The molecule has 0 bridgehead atoms. The average molecular weight is 510 g/mol. The molecular weight excluding hydrogens is 464 g/mol. The highest BCUT2D eigenvalue weighted by atomic mass is 19.3. The lowest BCUT2D eigenvalue weighted by atomic mass is 9.90. The molecule has 1 amide bonds. The van der Waals surface area contributed by atoms with E-state index in [4.69, 9.17) is 9.47 Å². The van der Waals surface area contributed by atoms with Gasteiger partial charge in [0.2, 0.25) is 5.91 Å². The number of likely N-dealkylation sites (tertiary alicyclic amines) is 1. The topological polar surface area (TPSA) is 54.9 Å². The number of halogens is 2. The van der Waals surface area contributed by atoms with Gasteiger partial charge in [-0.15, -0.1) is 0 Å². The van der Waals surface area contributed by atoms with Gasteiger partial charge in [0.25, 0.3) is 6.43 Å². The summed E-state index contributed by atoms with van der Waals surface area (Å²) in [5, 5.41) is 0. The highest BCUT2D eigenvalue weighted by Crippen LogP contribution is 2.33. The number of amides is 1. The van der Waals surface area contributed by atoms with Crippen LogP contribution in [0.5, 0.6) is 0 Å². The maximum absolute atomic E-state index is 13.4. The molecule has 2 aliphatic heterocycles. The molecule has 8 heteroatoms. The number of nitrogens with zero attached hydrogens (tertiary/aromatic N) is 3. The molecule has 6 nitrogen and oxygen atoms in total. The Morgan fingerprint density at radius 1 is 1.17 bits per heavy atom. The van der Waals surface area contributed by atoms with Gasteiger partial charge in [-0.05, 0) is 63.5 Å². The normalized spacial score (nSPS) is 26.2. The van der Waals surface area contributed by atoms with Crippen molar-refractivity contribution in [3.05, 3.63) is 30.1 Å². The van der Waals surface area contributed by atoms with Crippen LogP contribution in [0.15, 0.2) is 24.4 Å². The Labute approximate surface area is 215 Å². The van der Waals surface area contributed by atoms with Crippen molar-refractivity contribution >= 4 is 5.91 Å². The van der Waals surface area contributed by atoms with Crippen LogP contribution in [0, 0.1) is 17.8 Å². The first kappa shape index (κ1) is 28.9. The zero-order chi connectivity index (χ0) is 26.2. The monoisotopic (exact) mass is 509 g/mol. The van der Waals surface area contributed by atoms with Crippen molar-refractivity contribution in [3.8, 4) is 0 Å². The predicted octanol–water partition coefficient (Wildman–Crippen LogP) is 5.19. The van der Waals surface area contributed by atoms with E-state index in [-0.39, 0.29) is 48.7 Å². The summed E-state index contributed by atoms with van der Waals surface area (Å²) in [5.41, 5.74) is 0.770. The molecule has 2 saturated heterocycles. The van der Waals surface area contributed by atoms with Crippen molar-refractivity contribution in [2.24, 2.45) is 17.8 Å². The van der Waals surface area contributed by atoms with Crippen LogP contribution in [0.1, 0.15) is 72.1 Å². The molecule has 0 aliphatic carbocycles. The van der Waals surface area contributed by atoms with Crippen molar-refractivity contribution in [3.63, 3.8) is 0 Å². The first-order chi connectivity index (χ1) is 17.2. The molecule has 2 aliphatic rings. The minimum Gasteiger partial charge on any atom is -0.375 e. The second-order valence-corrected chi connectivity index (χ2v) is 10.9. The Kier molecular flexibility index (Phi) is 11.1. The van der Waals surface area contributed by atoms with Crippen LogP contribution in [0.3, 0.4) is 0 Å². The van der Waals surface area contributed by atoms with E-state index in [1.54, 1.807) is 6.20 Å². The second kappa shape index (κ2) is 13.8. The Morgan fingerprint density at radius 3 is 2.56 bits per heavy atom. The van der Waals surface area contributed by atoms with Crippen molar-refractivity contribution in [2.45, 2.75) is 91.1 Å². The van der Waals surface area contributed by atoms with Crippen LogP contribution in [-0.2, 0) is 14.3 Å². The second-order valence-electron chi connectivity index (χ2n) is 10.9. The summed E-state index contributed by atoms with van der Waals surface area (Å²) in [6.07, 6.45) is 2.36. The first-order valence-corrected chi connectivity index (χ1v) is 13.7. The first-order valence-electron chi connectivity index (χ1n) is 13.7. The minimum atomic E-state index is -2.40. The summed E-state index contributed by atoms with van der Waals surface area (Å²) in [6, 6.07) is 5.64. The van der Waals surface area contributed by atoms with E-state index in [1.165, 1.54) is 0 Å². The molecule has 204 valence electrons. The summed E-state index contributed by atoms with van der Waals surface area (Å²) in [4.78, 5) is 21.6. The number of carbonyl (C=O) groups excluding carboxylic acids is 1. The Balaban J connectivity index is 1.65. The highest BCUT2D eigenvalue weighted by molar-refractivity contribution is 5.78. The number of hydrogen-bond donors (Lipinski definition) is 0. The third-order valence-corrected chi connectivity index (χ3v) is 7.59. The van der Waals surface area contributed by atoms with Crippen molar-refractivity contribution in [1.82, 2.24) is 14.8 Å². The summed E-state index contributed by atoms with van der Waals surface area (Å²) in [7, 11) is 0. The van der Waals surface area contributed by atoms with Gasteiger partial charge in [-0.3, -0.25) is 14.7 Å². The molecule has 36 heavy (non-hydrogen) atoms. The number of alkyl halides is 2. The quantitative estimate of drug-likeness (QED) is 0.434. The van der Waals surface area contributed by atoms with Crippen LogP contribution in [0.2, 0.25) is 0 Å². The zero-order valence-electron chi connectivity index (χ0n) is 22.6. The Bertz CT molecular complexity index is 798. The van der Waals surface area contributed by atoms with Gasteiger partial charge >= 0.3 is 0 Å². The molecule has 3 rings (SSSR count). The molecular formula is C28H45F2N3O3. The Hall–Kier alpha value is -1.64. The van der Waals surface area contributed by atoms with Gasteiger partial charge < -0.3 is 14.4 Å². The third-order valence-electron chi connectivity index (χ3n) is 7.59. The highest BCUT2D eigenvalue weighted by Gasteiger charge is 2.37. The molecule has 0 N–H and O–H groups in total. The van der Waals surface area contributed by atoms with E-state index in [1.807, 2.05) is 48.8 Å². The maximum Gasteiger partial charge on any atom is 0.251 e. The molecule has 2 fully saturated rings. The molecule has 0 radical (unpaired) electrons. The molecule has 1 aromatic heterocycles. The summed E-state index contributed by atoms with van der Waals surface area (Å²) < 4.78 is 39.3. The fourth-order valence-electron chi connectivity index (χ4n) is 5.82. The van der Waals surface area contributed by atoms with E-state index in [0.29, 0.717) is 38.5 Å². The van der Waals surface area contributed by atoms with Crippen LogP contribution < -0.4 is 0 Å².